The largest absolute Gasteiger partial charge is 0.497 e. The van der Waals surface area contributed by atoms with Crippen LogP contribution in [0.2, 0.25) is 0 Å². The van der Waals surface area contributed by atoms with Crippen molar-refractivity contribution in [3.05, 3.63) is 24.3 Å². The Morgan fingerprint density at radius 3 is 2.68 bits per heavy atom. The van der Waals surface area contributed by atoms with E-state index in [2.05, 4.69) is 12.2 Å². The van der Waals surface area contributed by atoms with E-state index in [0.29, 0.717) is 0 Å². The number of ether oxygens (including phenoxy) is 1. The van der Waals surface area contributed by atoms with Crippen LogP contribution in [0.25, 0.3) is 0 Å². The maximum absolute atomic E-state index is 9.79. The minimum atomic E-state index is -0.155. The average molecular weight is 263 g/mol. The zero-order chi connectivity index (χ0) is 13.7. The highest BCUT2D eigenvalue weighted by molar-refractivity contribution is 5.50. The predicted octanol–water partition coefficient (Wildman–Crippen LogP) is 3.44. The van der Waals surface area contributed by atoms with Crippen LogP contribution in [0.5, 0.6) is 5.75 Å². The van der Waals surface area contributed by atoms with E-state index in [-0.39, 0.29) is 12.1 Å². The number of anilines is 1. The van der Waals surface area contributed by atoms with E-state index in [1.54, 1.807) is 7.11 Å². The van der Waals surface area contributed by atoms with Crippen LogP contribution in [-0.2, 0) is 0 Å². The van der Waals surface area contributed by atoms with Gasteiger partial charge in [0.2, 0.25) is 0 Å². The Labute approximate surface area is 116 Å². The topological polar surface area (TPSA) is 41.5 Å². The third-order valence-electron chi connectivity index (χ3n) is 4.42. The number of hydrogen-bond donors (Lipinski definition) is 2. The molecule has 106 valence electrons. The van der Waals surface area contributed by atoms with Gasteiger partial charge in [-0.3, -0.25) is 0 Å². The average Bonchev–Trinajstić information content (AvgIpc) is 2.48. The highest BCUT2D eigenvalue weighted by Gasteiger charge is 2.34. The van der Waals surface area contributed by atoms with Gasteiger partial charge < -0.3 is 15.2 Å². The van der Waals surface area contributed by atoms with Crippen molar-refractivity contribution in [1.29, 1.82) is 0 Å². The molecule has 1 aliphatic carbocycles. The summed E-state index contributed by atoms with van der Waals surface area (Å²) in [5.41, 5.74) is 0.876. The van der Waals surface area contributed by atoms with Crippen molar-refractivity contribution in [3.63, 3.8) is 0 Å². The third-order valence-corrected chi connectivity index (χ3v) is 4.42. The molecule has 1 aliphatic rings. The van der Waals surface area contributed by atoms with Crippen LogP contribution in [0.15, 0.2) is 24.3 Å². The zero-order valence-electron chi connectivity index (χ0n) is 12.0. The first kappa shape index (κ1) is 14.2. The van der Waals surface area contributed by atoms with E-state index >= 15 is 0 Å². The molecule has 3 heteroatoms. The van der Waals surface area contributed by atoms with Crippen LogP contribution in [-0.4, -0.2) is 24.4 Å². The van der Waals surface area contributed by atoms with Crippen LogP contribution >= 0.6 is 0 Å². The molecule has 0 heterocycles. The molecule has 0 radical (unpaired) electrons. The van der Waals surface area contributed by atoms with Crippen molar-refractivity contribution in [2.75, 3.05) is 19.0 Å². The second kappa shape index (κ2) is 6.29. The smallest absolute Gasteiger partial charge is 0.120 e. The van der Waals surface area contributed by atoms with Gasteiger partial charge in [0.25, 0.3) is 0 Å². The summed E-state index contributed by atoms with van der Waals surface area (Å²) in [5.74, 6) is 1.67. The number of benzene rings is 1. The summed E-state index contributed by atoms with van der Waals surface area (Å²) in [6.45, 7) is 2.45. The number of nitrogens with one attached hydrogen (secondary N) is 1. The second-order valence-electron chi connectivity index (χ2n) is 5.65. The van der Waals surface area contributed by atoms with E-state index in [9.17, 15) is 5.11 Å². The highest BCUT2D eigenvalue weighted by atomic mass is 16.5. The van der Waals surface area contributed by atoms with Crippen LogP contribution in [0.4, 0.5) is 5.69 Å². The molecule has 1 aromatic carbocycles. The molecule has 0 saturated heterocycles. The van der Waals surface area contributed by atoms with Gasteiger partial charge in [-0.25, -0.2) is 0 Å². The summed E-state index contributed by atoms with van der Waals surface area (Å²) >= 11 is 0. The molecule has 2 rings (SSSR count). The van der Waals surface area contributed by atoms with Gasteiger partial charge in [-0.2, -0.15) is 0 Å². The second-order valence-corrected chi connectivity index (χ2v) is 5.65. The number of aliphatic hydroxyl groups excluding tert-OH is 1. The molecule has 0 amide bonds. The lowest BCUT2D eigenvalue weighted by molar-refractivity contribution is 0.150. The lowest BCUT2D eigenvalue weighted by Gasteiger charge is -2.40. The molecule has 0 spiro atoms. The number of rotatable bonds is 5. The van der Waals surface area contributed by atoms with Gasteiger partial charge in [-0.15, -0.1) is 0 Å². The summed E-state index contributed by atoms with van der Waals surface area (Å²) in [7, 11) is 1.67. The summed E-state index contributed by atoms with van der Waals surface area (Å²) in [5, 5.41) is 13.3. The summed E-state index contributed by atoms with van der Waals surface area (Å²) in [6.07, 6.45) is 5.74. The normalized spacial score (nSPS) is 27.0. The van der Waals surface area contributed by atoms with Crippen molar-refractivity contribution in [1.82, 2.24) is 0 Å². The van der Waals surface area contributed by atoms with Gasteiger partial charge in [0, 0.05) is 11.8 Å². The van der Waals surface area contributed by atoms with Crippen LogP contribution in [0, 0.1) is 5.92 Å². The van der Waals surface area contributed by atoms with E-state index < -0.39 is 0 Å². The minimum absolute atomic E-state index is 0.155. The Morgan fingerprint density at radius 2 is 2.11 bits per heavy atom. The Bertz CT molecular complexity index is 397. The molecule has 19 heavy (non-hydrogen) atoms. The SMILES string of the molecule is CCC1CCC(CO)(Nc2cccc(OC)c2)CC1. The highest BCUT2D eigenvalue weighted by Crippen LogP contribution is 2.36. The summed E-state index contributed by atoms with van der Waals surface area (Å²) < 4.78 is 5.24. The third kappa shape index (κ3) is 3.41. The number of aliphatic hydroxyl groups is 1. The van der Waals surface area contributed by atoms with Gasteiger partial charge in [-0.05, 0) is 43.7 Å². The maximum Gasteiger partial charge on any atom is 0.120 e. The van der Waals surface area contributed by atoms with Crippen LogP contribution in [0.1, 0.15) is 39.0 Å². The van der Waals surface area contributed by atoms with Gasteiger partial charge >= 0.3 is 0 Å². The molecule has 0 bridgehead atoms. The monoisotopic (exact) mass is 263 g/mol. The molecule has 0 atom stereocenters. The molecule has 0 aromatic heterocycles. The molecular weight excluding hydrogens is 238 g/mol. The fourth-order valence-corrected chi connectivity index (χ4v) is 2.97. The molecule has 0 aliphatic heterocycles. The first-order valence-electron chi connectivity index (χ1n) is 7.24. The first-order chi connectivity index (χ1) is 9.21. The summed E-state index contributed by atoms with van der Waals surface area (Å²) in [4.78, 5) is 0. The van der Waals surface area contributed by atoms with Crippen molar-refractivity contribution in [2.45, 2.75) is 44.6 Å². The van der Waals surface area contributed by atoms with Crippen molar-refractivity contribution in [3.8, 4) is 5.75 Å². The predicted molar refractivity (Wildman–Crippen MR) is 78.7 cm³/mol. The fourth-order valence-electron chi connectivity index (χ4n) is 2.97. The molecular formula is C16H25NO2. The quantitative estimate of drug-likeness (QED) is 0.855. The lowest BCUT2D eigenvalue weighted by atomic mass is 9.76. The molecule has 1 saturated carbocycles. The molecule has 0 unspecified atom stereocenters. The number of hydrogen-bond acceptors (Lipinski definition) is 3. The van der Waals surface area contributed by atoms with Crippen molar-refractivity contribution < 1.29 is 9.84 Å². The van der Waals surface area contributed by atoms with E-state index in [0.717, 1.165) is 30.2 Å². The molecule has 2 N–H and O–H groups in total. The van der Waals surface area contributed by atoms with E-state index in [1.165, 1.54) is 19.3 Å². The molecule has 1 aromatic rings. The van der Waals surface area contributed by atoms with E-state index in [1.807, 2.05) is 24.3 Å². The van der Waals surface area contributed by atoms with Gasteiger partial charge in [0.05, 0.1) is 19.3 Å². The Morgan fingerprint density at radius 1 is 1.37 bits per heavy atom. The van der Waals surface area contributed by atoms with Crippen molar-refractivity contribution in [2.24, 2.45) is 5.92 Å². The Hall–Kier alpha value is -1.22. The molecule has 3 nitrogen and oxygen atoms in total. The first-order valence-corrected chi connectivity index (χ1v) is 7.24. The zero-order valence-corrected chi connectivity index (χ0v) is 12.0. The lowest BCUT2D eigenvalue weighted by Crippen LogP contribution is -2.45. The van der Waals surface area contributed by atoms with Crippen LogP contribution in [0.3, 0.4) is 0 Å². The van der Waals surface area contributed by atoms with Gasteiger partial charge in [0.1, 0.15) is 5.75 Å². The van der Waals surface area contributed by atoms with E-state index in [4.69, 9.17) is 4.74 Å². The molecule has 1 fully saturated rings. The van der Waals surface area contributed by atoms with Gasteiger partial charge in [0.15, 0.2) is 0 Å². The Balaban J connectivity index is 2.06. The van der Waals surface area contributed by atoms with Crippen LogP contribution < -0.4 is 10.1 Å². The van der Waals surface area contributed by atoms with Gasteiger partial charge in [-0.1, -0.05) is 19.4 Å². The maximum atomic E-state index is 9.79. The number of methoxy groups -OCH3 is 1. The standard InChI is InChI=1S/C16H25NO2/c1-3-13-7-9-16(12-18,10-8-13)17-14-5-4-6-15(11-14)19-2/h4-6,11,13,17-18H,3,7-10,12H2,1-2H3. The van der Waals surface area contributed by atoms with Crippen molar-refractivity contribution >= 4 is 5.69 Å². The summed E-state index contributed by atoms with van der Waals surface area (Å²) in [6, 6.07) is 7.93. The fraction of sp³-hybridized carbons (Fsp3) is 0.625. The minimum Gasteiger partial charge on any atom is -0.497 e. The Kier molecular flexibility index (Phi) is 4.70.